The van der Waals surface area contributed by atoms with Crippen molar-refractivity contribution in [1.82, 2.24) is 4.31 Å². The van der Waals surface area contributed by atoms with Gasteiger partial charge in [-0.25, -0.2) is 8.42 Å². The van der Waals surface area contributed by atoms with E-state index in [2.05, 4.69) is 0 Å². The van der Waals surface area contributed by atoms with Crippen LogP contribution in [0.15, 0.2) is 71.6 Å². The van der Waals surface area contributed by atoms with Crippen LogP contribution in [0.25, 0.3) is 0 Å². The van der Waals surface area contributed by atoms with Crippen molar-refractivity contribution >= 4 is 10.0 Å². The third kappa shape index (κ3) is 5.05. The Labute approximate surface area is 161 Å². The van der Waals surface area contributed by atoms with Crippen molar-refractivity contribution in [3.8, 4) is 0 Å². The summed E-state index contributed by atoms with van der Waals surface area (Å²) in [5.74, 6) is -0.297. The molecule has 1 aliphatic heterocycles. The summed E-state index contributed by atoms with van der Waals surface area (Å²) in [4.78, 5) is 0.275. The number of ether oxygens (including phenoxy) is 1. The van der Waals surface area contributed by atoms with Gasteiger partial charge in [0, 0.05) is 19.0 Å². The molecule has 0 aliphatic carbocycles. The van der Waals surface area contributed by atoms with E-state index in [1.807, 2.05) is 43.3 Å². The Hall–Kier alpha value is -1.99. The maximum atomic E-state index is 12.8. The number of hydrogen-bond donors (Lipinski definition) is 1. The van der Waals surface area contributed by atoms with Crippen LogP contribution >= 0.6 is 0 Å². The highest BCUT2D eigenvalue weighted by Crippen LogP contribution is 2.22. The van der Waals surface area contributed by atoms with Crippen molar-refractivity contribution in [1.29, 1.82) is 0 Å². The van der Waals surface area contributed by atoms with Crippen LogP contribution in [0, 0.1) is 12.8 Å². The van der Waals surface area contributed by atoms with Gasteiger partial charge in [0.15, 0.2) is 0 Å². The van der Waals surface area contributed by atoms with Crippen LogP contribution in [0.2, 0.25) is 0 Å². The Bertz CT molecular complexity index is 863. The van der Waals surface area contributed by atoms with Gasteiger partial charge in [-0.3, -0.25) is 0 Å². The number of nitrogens with zero attached hydrogens (tertiary/aromatic N) is 1. The summed E-state index contributed by atoms with van der Waals surface area (Å²) in [7, 11) is -3.58. The SMILES string of the molecule is Cc1ccc(S(=O)(=O)N2CC=C[C@H]([C@@H](O)COCc3ccccc3)C2)cc1. The molecule has 0 fully saturated rings. The Balaban J connectivity index is 1.59. The summed E-state index contributed by atoms with van der Waals surface area (Å²) in [6, 6.07) is 16.6. The van der Waals surface area contributed by atoms with E-state index in [0.717, 1.165) is 11.1 Å². The summed E-state index contributed by atoms with van der Waals surface area (Å²) in [5.41, 5.74) is 2.05. The fraction of sp³-hybridized carbons (Fsp3) is 0.333. The largest absolute Gasteiger partial charge is 0.390 e. The van der Waals surface area contributed by atoms with Crippen LogP contribution in [-0.4, -0.2) is 43.6 Å². The number of rotatable bonds is 7. The number of aliphatic hydroxyl groups is 1. The van der Waals surface area contributed by atoms with Crippen LogP contribution in [0.4, 0.5) is 0 Å². The summed E-state index contributed by atoms with van der Waals surface area (Å²) in [6.07, 6.45) is 2.90. The maximum absolute atomic E-state index is 12.8. The zero-order valence-corrected chi connectivity index (χ0v) is 16.2. The fourth-order valence-corrected chi connectivity index (χ4v) is 4.45. The van der Waals surface area contributed by atoms with Gasteiger partial charge in [0.1, 0.15) is 0 Å². The molecule has 3 rings (SSSR count). The van der Waals surface area contributed by atoms with Gasteiger partial charge in [-0.2, -0.15) is 4.31 Å². The van der Waals surface area contributed by atoms with E-state index < -0.39 is 16.1 Å². The van der Waals surface area contributed by atoms with E-state index in [0.29, 0.717) is 13.2 Å². The molecule has 0 unspecified atom stereocenters. The van der Waals surface area contributed by atoms with Gasteiger partial charge in [0.25, 0.3) is 0 Å². The average molecular weight is 388 g/mol. The van der Waals surface area contributed by atoms with Gasteiger partial charge in [0.2, 0.25) is 10.0 Å². The monoisotopic (exact) mass is 387 g/mol. The van der Waals surface area contributed by atoms with Gasteiger partial charge in [-0.05, 0) is 24.6 Å². The fourth-order valence-electron chi connectivity index (χ4n) is 3.02. The number of aryl methyl sites for hydroxylation is 1. The minimum Gasteiger partial charge on any atom is -0.390 e. The molecule has 2 aromatic carbocycles. The summed E-state index contributed by atoms with van der Waals surface area (Å²) in [6.45, 7) is 3.04. The first-order chi connectivity index (χ1) is 13.0. The summed E-state index contributed by atoms with van der Waals surface area (Å²) in [5, 5.41) is 10.4. The minimum absolute atomic E-state index is 0.155. The molecule has 1 aliphatic rings. The first-order valence-electron chi connectivity index (χ1n) is 9.00. The molecule has 0 aromatic heterocycles. The third-order valence-electron chi connectivity index (χ3n) is 4.66. The quantitative estimate of drug-likeness (QED) is 0.742. The molecule has 144 valence electrons. The molecule has 2 atom stereocenters. The van der Waals surface area contributed by atoms with Crippen LogP contribution in [0.5, 0.6) is 0 Å². The Morgan fingerprint density at radius 2 is 1.85 bits per heavy atom. The van der Waals surface area contributed by atoms with Gasteiger partial charge in [-0.15, -0.1) is 0 Å². The van der Waals surface area contributed by atoms with Crippen molar-refractivity contribution in [2.75, 3.05) is 19.7 Å². The second-order valence-electron chi connectivity index (χ2n) is 6.80. The normalized spacial score (nSPS) is 19.1. The van der Waals surface area contributed by atoms with Crippen LogP contribution in [-0.2, 0) is 21.4 Å². The predicted molar refractivity (Wildman–Crippen MR) is 105 cm³/mol. The summed E-state index contributed by atoms with van der Waals surface area (Å²) < 4.78 is 32.7. The first kappa shape index (κ1) is 19.8. The number of benzene rings is 2. The lowest BCUT2D eigenvalue weighted by molar-refractivity contribution is 0.00421. The molecular weight excluding hydrogens is 362 g/mol. The van der Waals surface area contributed by atoms with Gasteiger partial charge in [0.05, 0.1) is 24.2 Å². The van der Waals surface area contributed by atoms with Crippen molar-refractivity contribution in [2.24, 2.45) is 5.92 Å². The number of hydrogen-bond acceptors (Lipinski definition) is 4. The van der Waals surface area contributed by atoms with Crippen molar-refractivity contribution in [2.45, 2.75) is 24.5 Å². The molecule has 0 saturated carbocycles. The molecule has 0 saturated heterocycles. The molecule has 6 heteroatoms. The topological polar surface area (TPSA) is 66.8 Å². The smallest absolute Gasteiger partial charge is 0.243 e. The lowest BCUT2D eigenvalue weighted by Gasteiger charge is -2.30. The standard InChI is InChI=1S/C21H25NO4S/c1-17-9-11-20(12-10-17)27(24,25)22-13-5-8-19(14-22)21(23)16-26-15-18-6-3-2-4-7-18/h2-12,19,21,23H,13-16H2,1H3/t19-,21-/m0/s1. The Morgan fingerprint density at radius 3 is 2.56 bits per heavy atom. The highest BCUT2D eigenvalue weighted by molar-refractivity contribution is 7.89. The van der Waals surface area contributed by atoms with E-state index in [4.69, 9.17) is 4.74 Å². The van der Waals surface area contributed by atoms with Crippen LogP contribution in [0.3, 0.4) is 0 Å². The number of aliphatic hydroxyl groups excluding tert-OH is 1. The lowest BCUT2D eigenvalue weighted by Crippen LogP contribution is -2.42. The van der Waals surface area contributed by atoms with Crippen LogP contribution < -0.4 is 0 Å². The lowest BCUT2D eigenvalue weighted by atomic mass is 10.0. The van der Waals surface area contributed by atoms with E-state index in [1.54, 1.807) is 30.3 Å². The zero-order chi connectivity index (χ0) is 19.3. The molecule has 0 amide bonds. The molecule has 1 heterocycles. The predicted octanol–water partition coefficient (Wildman–Crippen LogP) is 2.75. The molecule has 5 nitrogen and oxygen atoms in total. The van der Waals surface area contributed by atoms with Crippen molar-refractivity contribution in [3.63, 3.8) is 0 Å². The van der Waals surface area contributed by atoms with E-state index >= 15 is 0 Å². The Morgan fingerprint density at radius 1 is 1.15 bits per heavy atom. The third-order valence-corrected chi connectivity index (χ3v) is 6.51. The number of sulfonamides is 1. The molecule has 0 radical (unpaired) electrons. The van der Waals surface area contributed by atoms with Gasteiger partial charge >= 0.3 is 0 Å². The van der Waals surface area contributed by atoms with E-state index in [1.165, 1.54) is 4.31 Å². The van der Waals surface area contributed by atoms with Crippen molar-refractivity contribution < 1.29 is 18.3 Å². The van der Waals surface area contributed by atoms with Gasteiger partial charge < -0.3 is 9.84 Å². The van der Waals surface area contributed by atoms with Gasteiger partial charge in [-0.1, -0.05) is 60.2 Å². The molecule has 1 N–H and O–H groups in total. The molecule has 0 bridgehead atoms. The zero-order valence-electron chi connectivity index (χ0n) is 15.4. The molecule has 2 aromatic rings. The summed E-state index contributed by atoms with van der Waals surface area (Å²) >= 11 is 0. The maximum Gasteiger partial charge on any atom is 0.243 e. The second-order valence-corrected chi connectivity index (χ2v) is 8.73. The average Bonchev–Trinajstić information content (AvgIpc) is 2.69. The van der Waals surface area contributed by atoms with E-state index in [9.17, 15) is 13.5 Å². The molecule has 0 spiro atoms. The molecular formula is C21H25NO4S. The highest BCUT2D eigenvalue weighted by Gasteiger charge is 2.30. The molecule has 27 heavy (non-hydrogen) atoms. The van der Waals surface area contributed by atoms with Crippen LogP contribution in [0.1, 0.15) is 11.1 Å². The first-order valence-corrected chi connectivity index (χ1v) is 10.4. The Kier molecular flexibility index (Phi) is 6.44. The van der Waals surface area contributed by atoms with Crippen molar-refractivity contribution in [3.05, 3.63) is 77.9 Å². The second kappa shape index (κ2) is 8.80. The minimum atomic E-state index is -3.58. The highest BCUT2D eigenvalue weighted by atomic mass is 32.2. The van der Waals surface area contributed by atoms with E-state index in [-0.39, 0.29) is 24.0 Å².